The Morgan fingerprint density at radius 3 is 2.58 bits per heavy atom. The van der Waals surface area contributed by atoms with Crippen molar-refractivity contribution in [2.24, 2.45) is 0 Å². The number of hydrogen-bond acceptors (Lipinski definition) is 4. The summed E-state index contributed by atoms with van der Waals surface area (Å²) >= 11 is 0. The molecule has 0 aliphatic carbocycles. The molecule has 0 atom stereocenters. The van der Waals surface area contributed by atoms with Crippen LogP contribution in [0, 0.1) is 18.3 Å². The van der Waals surface area contributed by atoms with Crippen LogP contribution >= 0.6 is 0 Å². The number of sulfonamides is 1. The number of hydrogen-bond donors (Lipinski definition) is 2. The van der Waals surface area contributed by atoms with Crippen LogP contribution in [0.5, 0.6) is 0 Å². The fourth-order valence-corrected chi connectivity index (χ4v) is 2.70. The zero-order chi connectivity index (χ0) is 14.3. The molecule has 0 saturated heterocycles. The lowest BCUT2D eigenvalue weighted by molar-refractivity contribution is 0.575. The van der Waals surface area contributed by atoms with Gasteiger partial charge >= 0.3 is 0 Å². The molecule has 1 aromatic rings. The second-order valence-corrected chi connectivity index (χ2v) is 6.00. The molecule has 6 heteroatoms. The van der Waals surface area contributed by atoms with E-state index < -0.39 is 10.0 Å². The molecule has 0 aliphatic heterocycles. The van der Waals surface area contributed by atoms with Crippen LogP contribution in [0.1, 0.15) is 24.5 Å². The smallest absolute Gasteiger partial charge is 0.240 e. The summed E-state index contributed by atoms with van der Waals surface area (Å²) in [6.07, 6.45) is 1.02. The van der Waals surface area contributed by atoms with Crippen LogP contribution in [0.3, 0.4) is 0 Å². The van der Waals surface area contributed by atoms with Gasteiger partial charge in [-0.1, -0.05) is 6.92 Å². The van der Waals surface area contributed by atoms with Crippen LogP contribution in [0.2, 0.25) is 0 Å². The molecule has 1 rings (SSSR count). The summed E-state index contributed by atoms with van der Waals surface area (Å²) in [7, 11) is -3.49. The van der Waals surface area contributed by atoms with Crippen molar-refractivity contribution in [2.45, 2.75) is 25.2 Å². The van der Waals surface area contributed by atoms with E-state index >= 15 is 0 Å². The summed E-state index contributed by atoms with van der Waals surface area (Å²) in [5.41, 5.74) is 1.15. The van der Waals surface area contributed by atoms with Crippen molar-refractivity contribution in [3.05, 3.63) is 29.3 Å². The van der Waals surface area contributed by atoms with Crippen molar-refractivity contribution in [2.75, 3.05) is 19.6 Å². The molecular weight excluding hydrogens is 262 g/mol. The van der Waals surface area contributed by atoms with Crippen molar-refractivity contribution < 1.29 is 8.42 Å². The topological polar surface area (TPSA) is 82.0 Å². The quantitative estimate of drug-likeness (QED) is 0.734. The molecule has 0 heterocycles. The van der Waals surface area contributed by atoms with Crippen LogP contribution in [0.15, 0.2) is 23.1 Å². The SMILES string of the molecule is CCCNCCNS(=O)(=O)c1ccc(C#N)c(C)c1. The minimum absolute atomic E-state index is 0.194. The Bertz CT molecular complexity index is 562. The van der Waals surface area contributed by atoms with Crippen molar-refractivity contribution in [1.82, 2.24) is 10.0 Å². The number of rotatable bonds is 7. The van der Waals surface area contributed by atoms with Gasteiger partial charge in [0, 0.05) is 13.1 Å². The molecule has 5 nitrogen and oxygen atoms in total. The highest BCUT2D eigenvalue weighted by atomic mass is 32.2. The second kappa shape index (κ2) is 7.24. The Morgan fingerprint density at radius 2 is 2.00 bits per heavy atom. The van der Waals surface area contributed by atoms with Crippen molar-refractivity contribution >= 4 is 10.0 Å². The molecule has 104 valence electrons. The molecule has 0 radical (unpaired) electrons. The lowest BCUT2D eigenvalue weighted by atomic mass is 10.1. The maximum atomic E-state index is 12.0. The number of nitriles is 1. The zero-order valence-corrected chi connectivity index (χ0v) is 12.0. The Morgan fingerprint density at radius 1 is 1.26 bits per heavy atom. The fourth-order valence-electron chi connectivity index (χ4n) is 1.59. The predicted octanol–water partition coefficient (Wildman–Crippen LogP) is 1.14. The highest BCUT2D eigenvalue weighted by molar-refractivity contribution is 7.89. The molecular formula is C13H19N3O2S. The normalized spacial score (nSPS) is 11.2. The molecule has 19 heavy (non-hydrogen) atoms. The van der Waals surface area contributed by atoms with E-state index in [2.05, 4.69) is 17.0 Å². The molecule has 0 unspecified atom stereocenters. The van der Waals surface area contributed by atoms with Crippen LogP contribution in [0.25, 0.3) is 0 Å². The lowest BCUT2D eigenvalue weighted by Gasteiger charge is -2.08. The molecule has 0 saturated carbocycles. The standard InChI is InChI=1S/C13H19N3O2S/c1-3-6-15-7-8-16-19(17,18)13-5-4-12(10-14)11(2)9-13/h4-5,9,15-16H,3,6-8H2,1-2H3. The van der Waals surface area contributed by atoms with Gasteiger partial charge in [0.05, 0.1) is 16.5 Å². The third-order valence-corrected chi connectivity index (χ3v) is 4.11. The van der Waals surface area contributed by atoms with Gasteiger partial charge in [0.15, 0.2) is 0 Å². The average molecular weight is 281 g/mol. The highest BCUT2D eigenvalue weighted by Gasteiger charge is 2.14. The van der Waals surface area contributed by atoms with Gasteiger partial charge in [-0.2, -0.15) is 5.26 Å². The molecule has 0 aromatic heterocycles. The largest absolute Gasteiger partial charge is 0.315 e. The van der Waals surface area contributed by atoms with E-state index in [4.69, 9.17) is 5.26 Å². The predicted molar refractivity (Wildman–Crippen MR) is 74.2 cm³/mol. The van der Waals surface area contributed by atoms with Gasteiger partial charge in [0.25, 0.3) is 0 Å². The first-order valence-electron chi connectivity index (χ1n) is 6.22. The molecule has 0 fully saturated rings. The third-order valence-electron chi connectivity index (χ3n) is 2.65. The minimum atomic E-state index is -3.49. The van der Waals surface area contributed by atoms with Crippen LogP contribution in [-0.2, 0) is 10.0 Å². The van der Waals surface area contributed by atoms with E-state index in [0.29, 0.717) is 24.2 Å². The first kappa shape index (κ1) is 15.6. The molecule has 0 aliphatic rings. The molecule has 1 aromatic carbocycles. The molecule has 0 bridgehead atoms. The number of benzene rings is 1. The summed E-state index contributed by atoms with van der Waals surface area (Å²) in [6.45, 7) is 5.60. The first-order chi connectivity index (χ1) is 9.01. The van der Waals surface area contributed by atoms with E-state index in [1.807, 2.05) is 6.07 Å². The van der Waals surface area contributed by atoms with Crippen LogP contribution < -0.4 is 10.0 Å². The van der Waals surface area contributed by atoms with Crippen LogP contribution in [-0.4, -0.2) is 28.1 Å². The summed E-state index contributed by atoms with van der Waals surface area (Å²) in [6, 6.07) is 6.51. The van der Waals surface area contributed by atoms with Crippen LogP contribution in [0.4, 0.5) is 0 Å². The Labute approximate surface area is 114 Å². The molecule has 0 amide bonds. The van der Waals surface area contributed by atoms with Gasteiger partial charge in [-0.05, 0) is 43.7 Å². The third kappa shape index (κ3) is 4.63. The van der Waals surface area contributed by atoms with Gasteiger partial charge in [-0.3, -0.25) is 0 Å². The highest BCUT2D eigenvalue weighted by Crippen LogP contribution is 2.14. The van der Waals surface area contributed by atoms with Gasteiger partial charge in [-0.25, -0.2) is 13.1 Å². The first-order valence-corrected chi connectivity index (χ1v) is 7.70. The number of nitrogens with one attached hydrogen (secondary N) is 2. The van der Waals surface area contributed by atoms with Gasteiger partial charge < -0.3 is 5.32 Å². The van der Waals surface area contributed by atoms with E-state index in [1.54, 1.807) is 6.92 Å². The zero-order valence-electron chi connectivity index (χ0n) is 11.2. The molecule has 0 spiro atoms. The van der Waals surface area contributed by atoms with Crippen molar-refractivity contribution in [1.29, 1.82) is 5.26 Å². The van der Waals surface area contributed by atoms with E-state index in [-0.39, 0.29) is 4.90 Å². The lowest BCUT2D eigenvalue weighted by Crippen LogP contribution is -2.32. The number of aryl methyl sites for hydroxylation is 1. The van der Waals surface area contributed by atoms with Gasteiger partial charge in [0.1, 0.15) is 0 Å². The monoisotopic (exact) mass is 281 g/mol. The fraction of sp³-hybridized carbons (Fsp3) is 0.462. The van der Waals surface area contributed by atoms with E-state index in [1.165, 1.54) is 18.2 Å². The summed E-state index contributed by atoms with van der Waals surface area (Å²) < 4.78 is 26.5. The Kier molecular flexibility index (Phi) is 5.96. The second-order valence-electron chi connectivity index (χ2n) is 4.24. The Balaban J connectivity index is 2.68. The maximum absolute atomic E-state index is 12.0. The van der Waals surface area contributed by atoms with Crippen molar-refractivity contribution in [3.63, 3.8) is 0 Å². The Hall–Kier alpha value is -1.42. The number of nitrogens with zero attached hydrogens (tertiary/aromatic N) is 1. The van der Waals surface area contributed by atoms with Gasteiger partial charge in [0.2, 0.25) is 10.0 Å². The van der Waals surface area contributed by atoms with Crippen molar-refractivity contribution in [3.8, 4) is 6.07 Å². The van der Waals surface area contributed by atoms with E-state index in [0.717, 1.165) is 13.0 Å². The van der Waals surface area contributed by atoms with E-state index in [9.17, 15) is 8.42 Å². The van der Waals surface area contributed by atoms with Gasteiger partial charge in [-0.15, -0.1) is 0 Å². The summed E-state index contributed by atoms with van der Waals surface area (Å²) in [5.74, 6) is 0. The summed E-state index contributed by atoms with van der Waals surface area (Å²) in [4.78, 5) is 0.194. The summed E-state index contributed by atoms with van der Waals surface area (Å²) in [5, 5.41) is 11.9. The average Bonchev–Trinajstić information content (AvgIpc) is 2.38. The minimum Gasteiger partial charge on any atom is -0.315 e. The molecule has 2 N–H and O–H groups in total. The maximum Gasteiger partial charge on any atom is 0.240 e.